The zero-order chi connectivity index (χ0) is 39.8. The van der Waals surface area contributed by atoms with E-state index in [2.05, 4.69) is 55.4 Å². The Labute approximate surface area is 351 Å². The number of rotatable bonds is 36. The Morgan fingerprint density at radius 2 is 0.377 bits per heavy atom. The Bertz CT molecular complexity index is 468. The second-order valence-corrected chi connectivity index (χ2v) is 16.1. The van der Waals surface area contributed by atoms with Gasteiger partial charge in [0.15, 0.2) is 0 Å². The first-order chi connectivity index (χ1) is 25.4. The van der Waals surface area contributed by atoms with Gasteiger partial charge in [-0.05, 0) is 0 Å². The SMILES string of the molecule is CCCCCCC(C[O-])CCCC.CCCCCCC(C[O-])CCCC.CCCCCCC(C[O-])CCCC.CCCCCCC(C[O-])CCCC.[Ti+4]. The van der Waals surface area contributed by atoms with Crippen molar-refractivity contribution in [1.82, 2.24) is 0 Å². The normalized spacial score (nSPS) is 12.9. The molecule has 4 atom stereocenters. The maximum Gasteiger partial charge on any atom is 4.00 e. The molecule has 0 amide bonds. The maximum atomic E-state index is 10.8. The Kier molecular flexibility index (Phi) is 70.1. The summed E-state index contributed by atoms with van der Waals surface area (Å²) in [5.41, 5.74) is 0. The first-order valence-electron chi connectivity index (χ1n) is 23.7. The smallest absolute Gasteiger partial charge is 0.854 e. The molecule has 0 saturated carbocycles. The molecule has 0 saturated heterocycles. The van der Waals surface area contributed by atoms with E-state index in [4.69, 9.17) is 0 Å². The fraction of sp³-hybridized carbons (Fsp3) is 1.00. The monoisotopic (exact) mass is 789 g/mol. The van der Waals surface area contributed by atoms with Crippen molar-refractivity contribution < 1.29 is 42.1 Å². The molecule has 320 valence electrons. The van der Waals surface area contributed by atoms with Gasteiger partial charge in [0.05, 0.1) is 0 Å². The van der Waals surface area contributed by atoms with Crippen LogP contribution in [0.1, 0.15) is 261 Å². The molecule has 0 aliphatic rings. The van der Waals surface area contributed by atoms with Crippen molar-refractivity contribution >= 4 is 0 Å². The van der Waals surface area contributed by atoms with Crippen LogP contribution in [0, 0.1) is 23.7 Å². The van der Waals surface area contributed by atoms with E-state index in [1.54, 1.807) is 0 Å². The van der Waals surface area contributed by atoms with Crippen molar-refractivity contribution in [3.8, 4) is 0 Å². The number of hydrogen-bond acceptors (Lipinski definition) is 4. The molecule has 0 radical (unpaired) electrons. The van der Waals surface area contributed by atoms with Crippen molar-refractivity contribution in [3.05, 3.63) is 0 Å². The van der Waals surface area contributed by atoms with Crippen LogP contribution in [-0.2, 0) is 21.7 Å². The molecule has 0 N–H and O–H groups in total. The second kappa shape index (κ2) is 59.2. The van der Waals surface area contributed by atoms with Gasteiger partial charge in [-0.3, -0.25) is 0 Å². The molecule has 4 unspecified atom stereocenters. The minimum absolute atomic E-state index is 0. The quantitative estimate of drug-likeness (QED) is 0.0467. The zero-order valence-electron chi connectivity index (χ0n) is 37.9. The first kappa shape index (κ1) is 62.7. The summed E-state index contributed by atoms with van der Waals surface area (Å²) in [5.74, 6) is 1.88. The predicted octanol–water partition coefficient (Wildman–Crippen LogP) is 12.5. The Hall–Kier alpha value is 0.554. The molecule has 0 aromatic rings. The van der Waals surface area contributed by atoms with Gasteiger partial charge in [-0.1, -0.05) is 285 Å². The van der Waals surface area contributed by atoms with E-state index in [0.717, 1.165) is 25.7 Å². The summed E-state index contributed by atoms with van der Waals surface area (Å²) in [6, 6.07) is 0. The van der Waals surface area contributed by atoms with Gasteiger partial charge in [0, 0.05) is 0 Å². The third kappa shape index (κ3) is 57.0. The molecule has 0 bridgehead atoms. The van der Waals surface area contributed by atoms with Gasteiger partial charge in [-0.15, -0.1) is 26.4 Å². The Balaban J connectivity index is -0.000000192. The minimum atomic E-state index is 0. The molecule has 53 heavy (non-hydrogen) atoms. The molecule has 0 aliphatic carbocycles. The standard InChI is InChI=1S/4C12H25O.Ti/c4*1-3-5-7-8-10-12(11-13)9-6-4-2;/h4*12H,3-11H2,1-2H3;/q4*-1;+4. The molecule has 5 heteroatoms. The van der Waals surface area contributed by atoms with Gasteiger partial charge in [0.2, 0.25) is 0 Å². The van der Waals surface area contributed by atoms with E-state index in [1.165, 1.54) is 180 Å². The largest absolute Gasteiger partial charge is 4.00 e. The fourth-order valence-corrected chi connectivity index (χ4v) is 6.65. The maximum absolute atomic E-state index is 10.8. The van der Waals surface area contributed by atoms with Crippen molar-refractivity contribution in [1.29, 1.82) is 0 Å². The average molecular weight is 789 g/mol. The minimum Gasteiger partial charge on any atom is -0.854 e. The van der Waals surface area contributed by atoms with E-state index in [9.17, 15) is 20.4 Å². The average Bonchev–Trinajstić information content (AvgIpc) is 3.17. The van der Waals surface area contributed by atoms with Crippen LogP contribution in [0.3, 0.4) is 0 Å². The van der Waals surface area contributed by atoms with E-state index in [-0.39, 0.29) is 48.1 Å². The van der Waals surface area contributed by atoms with Gasteiger partial charge in [-0.25, -0.2) is 0 Å². The second-order valence-electron chi connectivity index (χ2n) is 16.1. The fourth-order valence-electron chi connectivity index (χ4n) is 6.65. The Morgan fingerprint density at radius 3 is 0.509 bits per heavy atom. The molecular formula is C48H100O4Ti. The van der Waals surface area contributed by atoms with Crippen LogP contribution < -0.4 is 20.4 Å². The van der Waals surface area contributed by atoms with Gasteiger partial charge < -0.3 is 20.4 Å². The summed E-state index contributed by atoms with van der Waals surface area (Å²) in [4.78, 5) is 0. The molecule has 0 heterocycles. The van der Waals surface area contributed by atoms with Gasteiger partial charge in [0.25, 0.3) is 0 Å². The van der Waals surface area contributed by atoms with Crippen molar-refractivity contribution in [2.45, 2.75) is 261 Å². The van der Waals surface area contributed by atoms with E-state index >= 15 is 0 Å². The van der Waals surface area contributed by atoms with Crippen molar-refractivity contribution in [2.24, 2.45) is 23.7 Å². The third-order valence-corrected chi connectivity index (χ3v) is 10.7. The molecule has 0 spiro atoms. The van der Waals surface area contributed by atoms with Crippen LogP contribution in [0.2, 0.25) is 0 Å². The molecule has 0 aliphatic heterocycles. The molecule has 0 fully saturated rings. The third-order valence-electron chi connectivity index (χ3n) is 10.7. The first-order valence-corrected chi connectivity index (χ1v) is 23.7. The summed E-state index contributed by atoms with van der Waals surface area (Å²) in [6.07, 6.45) is 40.0. The van der Waals surface area contributed by atoms with E-state index in [1.807, 2.05) is 0 Å². The van der Waals surface area contributed by atoms with Crippen molar-refractivity contribution in [2.75, 3.05) is 26.4 Å². The Morgan fingerprint density at radius 1 is 0.226 bits per heavy atom. The van der Waals surface area contributed by atoms with Crippen molar-refractivity contribution in [3.63, 3.8) is 0 Å². The predicted molar refractivity (Wildman–Crippen MR) is 227 cm³/mol. The van der Waals surface area contributed by atoms with Gasteiger partial charge in [0.1, 0.15) is 0 Å². The van der Waals surface area contributed by atoms with Crippen LogP contribution >= 0.6 is 0 Å². The summed E-state index contributed by atoms with van der Waals surface area (Å²) >= 11 is 0. The van der Waals surface area contributed by atoms with Crippen LogP contribution in [0.15, 0.2) is 0 Å². The van der Waals surface area contributed by atoms with Crippen LogP contribution in [0.25, 0.3) is 0 Å². The van der Waals surface area contributed by atoms with Crippen LogP contribution in [0.5, 0.6) is 0 Å². The number of unbranched alkanes of at least 4 members (excludes halogenated alkanes) is 16. The van der Waals surface area contributed by atoms with Crippen LogP contribution in [-0.4, -0.2) is 26.4 Å². The summed E-state index contributed by atoms with van der Waals surface area (Å²) < 4.78 is 0. The topological polar surface area (TPSA) is 92.2 Å². The number of hydrogen-bond donors (Lipinski definition) is 0. The van der Waals surface area contributed by atoms with Gasteiger partial charge in [-0.2, -0.15) is 0 Å². The summed E-state index contributed by atoms with van der Waals surface area (Å²) in [5, 5.41) is 43.2. The molecule has 0 aromatic heterocycles. The van der Waals surface area contributed by atoms with Gasteiger partial charge >= 0.3 is 21.7 Å². The summed E-state index contributed by atoms with van der Waals surface area (Å²) in [7, 11) is 0. The van der Waals surface area contributed by atoms with Crippen LogP contribution in [0.4, 0.5) is 0 Å². The summed E-state index contributed by atoms with van der Waals surface area (Å²) in [6.45, 7) is 18.3. The zero-order valence-corrected chi connectivity index (χ0v) is 39.5. The molecule has 4 nitrogen and oxygen atoms in total. The molecule has 0 rings (SSSR count). The molecule has 0 aromatic carbocycles. The van der Waals surface area contributed by atoms with E-state index < -0.39 is 0 Å². The molecular weight excluding hydrogens is 688 g/mol. The van der Waals surface area contributed by atoms with E-state index in [0.29, 0.717) is 23.7 Å².